The highest BCUT2D eigenvalue weighted by Gasteiger charge is 2.06. The second-order valence-corrected chi connectivity index (χ2v) is 4.14. The largest absolute Gasteiger partial charge is 0.485 e. The van der Waals surface area contributed by atoms with Crippen LogP contribution in [0.1, 0.15) is 11.3 Å². The fourth-order valence-electron chi connectivity index (χ4n) is 1.42. The standard InChI is InChI=1S/C12H12BrNO2/c13-11-4-1-5-12(10(11)7-14)16-8-9-3-2-6-15-9/h1-6H,7-8,14H2. The Morgan fingerprint density at radius 1 is 1.25 bits per heavy atom. The fourth-order valence-corrected chi connectivity index (χ4v) is 1.93. The summed E-state index contributed by atoms with van der Waals surface area (Å²) in [5.41, 5.74) is 6.63. The molecule has 3 nitrogen and oxygen atoms in total. The molecule has 4 heteroatoms. The second kappa shape index (κ2) is 5.18. The Balaban J connectivity index is 2.12. The summed E-state index contributed by atoms with van der Waals surface area (Å²) in [6, 6.07) is 9.47. The summed E-state index contributed by atoms with van der Waals surface area (Å²) in [4.78, 5) is 0. The number of hydrogen-bond donors (Lipinski definition) is 1. The molecule has 0 bridgehead atoms. The molecule has 0 saturated carbocycles. The first-order valence-electron chi connectivity index (χ1n) is 4.94. The zero-order chi connectivity index (χ0) is 11.4. The number of halogens is 1. The van der Waals surface area contributed by atoms with Gasteiger partial charge in [-0.15, -0.1) is 0 Å². The molecule has 0 amide bonds. The zero-order valence-electron chi connectivity index (χ0n) is 8.65. The Bertz CT molecular complexity index is 454. The van der Waals surface area contributed by atoms with E-state index in [1.54, 1.807) is 6.26 Å². The van der Waals surface area contributed by atoms with Crippen molar-refractivity contribution in [1.82, 2.24) is 0 Å². The lowest BCUT2D eigenvalue weighted by Crippen LogP contribution is -2.03. The van der Waals surface area contributed by atoms with Crippen LogP contribution in [-0.2, 0) is 13.2 Å². The van der Waals surface area contributed by atoms with Crippen LogP contribution < -0.4 is 10.5 Å². The topological polar surface area (TPSA) is 48.4 Å². The highest BCUT2D eigenvalue weighted by molar-refractivity contribution is 9.10. The first-order valence-corrected chi connectivity index (χ1v) is 5.73. The van der Waals surface area contributed by atoms with Crippen LogP contribution in [0.15, 0.2) is 45.5 Å². The molecule has 84 valence electrons. The highest BCUT2D eigenvalue weighted by atomic mass is 79.9. The summed E-state index contributed by atoms with van der Waals surface area (Å²) >= 11 is 3.44. The maximum absolute atomic E-state index is 5.67. The Labute approximate surface area is 102 Å². The van der Waals surface area contributed by atoms with Gasteiger partial charge >= 0.3 is 0 Å². The smallest absolute Gasteiger partial charge is 0.146 e. The summed E-state index contributed by atoms with van der Waals surface area (Å²) in [6.45, 7) is 0.853. The lowest BCUT2D eigenvalue weighted by atomic mass is 10.2. The third-order valence-corrected chi connectivity index (χ3v) is 2.97. The van der Waals surface area contributed by atoms with Gasteiger partial charge in [0, 0.05) is 16.6 Å². The van der Waals surface area contributed by atoms with Crippen LogP contribution >= 0.6 is 15.9 Å². The van der Waals surface area contributed by atoms with Crippen LogP contribution in [0.25, 0.3) is 0 Å². The van der Waals surface area contributed by atoms with Crippen molar-refractivity contribution in [3.8, 4) is 5.75 Å². The van der Waals surface area contributed by atoms with Gasteiger partial charge in [0.1, 0.15) is 18.1 Å². The summed E-state index contributed by atoms with van der Waals surface area (Å²) < 4.78 is 11.8. The van der Waals surface area contributed by atoms with Gasteiger partial charge in [-0.25, -0.2) is 0 Å². The average molecular weight is 282 g/mol. The summed E-state index contributed by atoms with van der Waals surface area (Å²) in [7, 11) is 0. The third kappa shape index (κ3) is 2.46. The molecule has 1 aromatic heterocycles. The van der Waals surface area contributed by atoms with E-state index in [0.717, 1.165) is 21.5 Å². The van der Waals surface area contributed by atoms with Crippen molar-refractivity contribution in [2.45, 2.75) is 13.2 Å². The SMILES string of the molecule is NCc1c(Br)cccc1OCc1ccco1. The van der Waals surface area contributed by atoms with Gasteiger partial charge in [0.25, 0.3) is 0 Å². The van der Waals surface area contributed by atoms with Gasteiger partial charge < -0.3 is 14.9 Å². The minimum Gasteiger partial charge on any atom is -0.485 e. The van der Waals surface area contributed by atoms with E-state index in [9.17, 15) is 0 Å². The molecule has 16 heavy (non-hydrogen) atoms. The number of nitrogens with two attached hydrogens (primary N) is 1. The van der Waals surface area contributed by atoms with Gasteiger partial charge in [-0.2, -0.15) is 0 Å². The van der Waals surface area contributed by atoms with Crippen LogP contribution in [0.4, 0.5) is 0 Å². The maximum Gasteiger partial charge on any atom is 0.146 e. The quantitative estimate of drug-likeness (QED) is 0.937. The molecule has 0 spiro atoms. The predicted octanol–water partition coefficient (Wildman–Crippen LogP) is 3.08. The van der Waals surface area contributed by atoms with Crippen molar-refractivity contribution in [3.05, 3.63) is 52.4 Å². The Morgan fingerprint density at radius 3 is 2.81 bits per heavy atom. The van der Waals surface area contributed by atoms with Crippen molar-refractivity contribution in [2.75, 3.05) is 0 Å². The number of benzene rings is 1. The van der Waals surface area contributed by atoms with E-state index in [2.05, 4.69) is 15.9 Å². The van der Waals surface area contributed by atoms with E-state index < -0.39 is 0 Å². The molecular formula is C12H12BrNO2. The van der Waals surface area contributed by atoms with Crippen molar-refractivity contribution >= 4 is 15.9 Å². The number of furan rings is 1. The normalized spacial score (nSPS) is 10.4. The van der Waals surface area contributed by atoms with Gasteiger partial charge in [0.2, 0.25) is 0 Å². The molecule has 0 radical (unpaired) electrons. The molecule has 1 aromatic carbocycles. The molecule has 0 aliphatic rings. The molecule has 0 aliphatic carbocycles. The summed E-state index contributed by atoms with van der Waals surface area (Å²) in [5.74, 6) is 1.58. The molecule has 0 fully saturated rings. The van der Waals surface area contributed by atoms with Gasteiger partial charge in [-0.1, -0.05) is 22.0 Å². The average Bonchev–Trinajstić information content (AvgIpc) is 2.79. The van der Waals surface area contributed by atoms with Crippen LogP contribution in [-0.4, -0.2) is 0 Å². The molecule has 2 rings (SSSR count). The van der Waals surface area contributed by atoms with E-state index in [1.165, 1.54) is 0 Å². The van der Waals surface area contributed by atoms with Crippen LogP contribution in [0.5, 0.6) is 5.75 Å². The molecule has 1 heterocycles. The Hall–Kier alpha value is -1.26. The summed E-state index contributed by atoms with van der Waals surface area (Å²) in [6.07, 6.45) is 1.63. The van der Waals surface area contributed by atoms with Gasteiger partial charge in [-0.3, -0.25) is 0 Å². The fraction of sp³-hybridized carbons (Fsp3) is 0.167. The molecule has 0 aliphatic heterocycles. The Kier molecular flexibility index (Phi) is 3.64. The maximum atomic E-state index is 5.67. The van der Waals surface area contributed by atoms with Crippen molar-refractivity contribution in [1.29, 1.82) is 0 Å². The molecular weight excluding hydrogens is 270 g/mol. The van der Waals surface area contributed by atoms with Crippen LogP contribution in [0, 0.1) is 0 Å². The number of ether oxygens (including phenoxy) is 1. The molecule has 0 atom stereocenters. The lowest BCUT2D eigenvalue weighted by Gasteiger charge is -2.10. The first kappa shape index (κ1) is 11.2. The monoisotopic (exact) mass is 281 g/mol. The van der Waals surface area contributed by atoms with Crippen molar-refractivity contribution in [3.63, 3.8) is 0 Å². The van der Waals surface area contributed by atoms with E-state index in [1.807, 2.05) is 30.3 Å². The van der Waals surface area contributed by atoms with Crippen LogP contribution in [0.3, 0.4) is 0 Å². The van der Waals surface area contributed by atoms with E-state index in [4.69, 9.17) is 14.9 Å². The number of hydrogen-bond acceptors (Lipinski definition) is 3. The second-order valence-electron chi connectivity index (χ2n) is 3.29. The van der Waals surface area contributed by atoms with Crippen LogP contribution in [0.2, 0.25) is 0 Å². The molecule has 2 aromatic rings. The lowest BCUT2D eigenvalue weighted by molar-refractivity contribution is 0.267. The minimum atomic E-state index is 0.413. The van der Waals surface area contributed by atoms with Gasteiger partial charge in [-0.05, 0) is 24.3 Å². The van der Waals surface area contributed by atoms with E-state index >= 15 is 0 Å². The van der Waals surface area contributed by atoms with Gasteiger partial charge in [0.05, 0.1) is 6.26 Å². The number of rotatable bonds is 4. The zero-order valence-corrected chi connectivity index (χ0v) is 10.2. The third-order valence-electron chi connectivity index (χ3n) is 2.23. The van der Waals surface area contributed by atoms with E-state index in [0.29, 0.717) is 13.2 Å². The Morgan fingerprint density at radius 2 is 2.12 bits per heavy atom. The molecule has 2 N–H and O–H groups in total. The minimum absolute atomic E-state index is 0.413. The first-order chi connectivity index (χ1) is 7.81. The van der Waals surface area contributed by atoms with Crippen molar-refractivity contribution in [2.24, 2.45) is 5.73 Å². The highest BCUT2D eigenvalue weighted by Crippen LogP contribution is 2.26. The van der Waals surface area contributed by atoms with E-state index in [-0.39, 0.29) is 0 Å². The predicted molar refractivity (Wildman–Crippen MR) is 65.1 cm³/mol. The van der Waals surface area contributed by atoms with Crippen molar-refractivity contribution < 1.29 is 9.15 Å². The van der Waals surface area contributed by atoms with Gasteiger partial charge in [0.15, 0.2) is 0 Å². The molecule has 0 saturated heterocycles. The summed E-state index contributed by atoms with van der Waals surface area (Å²) in [5, 5.41) is 0. The molecule has 0 unspecified atom stereocenters.